The molecule has 2 N–H and O–H groups in total. The van der Waals surface area contributed by atoms with Crippen molar-refractivity contribution in [3.05, 3.63) is 20.8 Å². The molecule has 1 aliphatic rings. The molecule has 1 atom stereocenters. The third-order valence-electron chi connectivity index (χ3n) is 4.58. The summed E-state index contributed by atoms with van der Waals surface area (Å²) in [6.07, 6.45) is 5.45. The molecular formula is C15H24BrNOS. The fourth-order valence-corrected chi connectivity index (χ4v) is 4.48. The van der Waals surface area contributed by atoms with E-state index >= 15 is 0 Å². The van der Waals surface area contributed by atoms with Crippen LogP contribution in [-0.4, -0.2) is 18.8 Å². The van der Waals surface area contributed by atoms with Gasteiger partial charge >= 0.3 is 0 Å². The second kappa shape index (κ2) is 5.84. The summed E-state index contributed by atoms with van der Waals surface area (Å²) in [5.41, 5.74) is 6.80. The van der Waals surface area contributed by atoms with Gasteiger partial charge in [-0.2, -0.15) is 0 Å². The van der Waals surface area contributed by atoms with Crippen molar-refractivity contribution < 1.29 is 4.74 Å². The maximum absolute atomic E-state index is 6.49. The lowest BCUT2D eigenvalue weighted by Crippen LogP contribution is -2.53. The van der Waals surface area contributed by atoms with E-state index in [-0.39, 0.29) is 11.6 Å². The minimum atomic E-state index is -0.133. The Morgan fingerprint density at radius 2 is 1.95 bits per heavy atom. The molecule has 0 aromatic carbocycles. The molecule has 0 spiro atoms. The Bertz CT molecular complexity index is 420. The average Bonchev–Trinajstić information content (AvgIpc) is 2.75. The first kappa shape index (κ1) is 15.5. The van der Waals surface area contributed by atoms with E-state index in [4.69, 9.17) is 10.5 Å². The average molecular weight is 346 g/mol. The summed E-state index contributed by atoms with van der Waals surface area (Å²) in [5, 5.41) is 0. The molecule has 1 aromatic rings. The van der Waals surface area contributed by atoms with Crippen molar-refractivity contribution in [3.63, 3.8) is 0 Å². The van der Waals surface area contributed by atoms with Gasteiger partial charge in [0.2, 0.25) is 0 Å². The summed E-state index contributed by atoms with van der Waals surface area (Å²) >= 11 is 5.28. The minimum Gasteiger partial charge on any atom is -0.377 e. The lowest BCUT2D eigenvalue weighted by molar-refractivity contribution is -0.0780. The Labute approximate surface area is 128 Å². The van der Waals surface area contributed by atoms with E-state index in [2.05, 4.69) is 41.9 Å². The molecule has 1 aliphatic carbocycles. The van der Waals surface area contributed by atoms with Gasteiger partial charge < -0.3 is 10.5 Å². The predicted octanol–water partition coefficient (Wildman–Crippen LogP) is 4.37. The van der Waals surface area contributed by atoms with Gasteiger partial charge in [-0.15, -0.1) is 11.3 Å². The highest BCUT2D eigenvalue weighted by molar-refractivity contribution is 9.11. The Kier molecular flexibility index (Phi) is 4.76. The largest absolute Gasteiger partial charge is 0.377 e. The summed E-state index contributed by atoms with van der Waals surface area (Å²) in [5.74, 6) is 0. The molecule has 1 saturated carbocycles. The normalized spacial score (nSPS) is 23.2. The molecule has 0 saturated heterocycles. The van der Waals surface area contributed by atoms with Crippen molar-refractivity contribution in [2.45, 2.75) is 57.6 Å². The van der Waals surface area contributed by atoms with E-state index < -0.39 is 0 Å². The molecule has 1 fully saturated rings. The summed E-state index contributed by atoms with van der Waals surface area (Å²) in [6, 6.07) is 4.33. The highest BCUT2D eigenvalue weighted by Gasteiger charge is 2.42. The first-order chi connectivity index (χ1) is 8.87. The predicted molar refractivity (Wildman–Crippen MR) is 85.7 cm³/mol. The molecule has 108 valence electrons. The Morgan fingerprint density at radius 3 is 2.42 bits per heavy atom. The smallest absolute Gasteiger partial charge is 0.0832 e. The fourth-order valence-electron chi connectivity index (χ4n) is 2.94. The molecule has 0 amide bonds. The van der Waals surface area contributed by atoms with E-state index in [0.29, 0.717) is 5.41 Å². The molecule has 19 heavy (non-hydrogen) atoms. The van der Waals surface area contributed by atoms with Crippen molar-refractivity contribution in [3.8, 4) is 0 Å². The second-order valence-corrected chi connectivity index (χ2v) is 9.00. The second-order valence-electron chi connectivity index (χ2n) is 6.45. The Balaban J connectivity index is 2.05. The molecule has 2 nitrogen and oxygen atoms in total. The van der Waals surface area contributed by atoms with Gasteiger partial charge in [-0.3, -0.25) is 0 Å². The van der Waals surface area contributed by atoms with Gasteiger partial charge in [-0.25, -0.2) is 0 Å². The number of methoxy groups -OCH3 is 1. The van der Waals surface area contributed by atoms with Crippen LogP contribution in [-0.2, 0) is 11.2 Å². The summed E-state index contributed by atoms with van der Waals surface area (Å²) in [7, 11) is 1.82. The van der Waals surface area contributed by atoms with E-state index in [1.165, 1.54) is 21.5 Å². The van der Waals surface area contributed by atoms with Gasteiger partial charge in [0.1, 0.15) is 0 Å². The quantitative estimate of drug-likeness (QED) is 0.879. The van der Waals surface area contributed by atoms with Gasteiger partial charge in [0.15, 0.2) is 0 Å². The van der Waals surface area contributed by atoms with Crippen LogP contribution in [0.25, 0.3) is 0 Å². The number of thiophene rings is 1. The Morgan fingerprint density at radius 1 is 1.32 bits per heavy atom. The molecule has 2 rings (SSSR count). The molecule has 1 aromatic heterocycles. The number of halogens is 1. The van der Waals surface area contributed by atoms with Crippen LogP contribution >= 0.6 is 27.3 Å². The number of rotatable bonds is 4. The van der Waals surface area contributed by atoms with Crippen LogP contribution in [0.1, 0.15) is 44.4 Å². The van der Waals surface area contributed by atoms with Crippen LogP contribution in [0.2, 0.25) is 0 Å². The molecule has 4 heteroatoms. The molecule has 0 bridgehead atoms. The lowest BCUT2D eigenvalue weighted by atomic mass is 9.68. The zero-order valence-electron chi connectivity index (χ0n) is 12.0. The fraction of sp³-hybridized carbons (Fsp3) is 0.733. The van der Waals surface area contributed by atoms with Crippen molar-refractivity contribution in [1.82, 2.24) is 0 Å². The van der Waals surface area contributed by atoms with Crippen molar-refractivity contribution in [2.75, 3.05) is 7.11 Å². The van der Waals surface area contributed by atoms with Crippen LogP contribution in [0.15, 0.2) is 15.9 Å². The van der Waals surface area contributed by atoms with Gasteiger partial charge in [-0.1, -0.05) is 13.8 Å². The summed E-state index contributed by atoms with van der Waals surface area (Å²) < 4.78 is 7.05. The molecular weight excluding hydrogens is 322 g/mol. The molecule has 0 aliphatic heterocycles. The third-order valence-corrected chi connectivity index (χ3v) is 6.23. The maximum atomic E-state index is 6.49. The minimum absolute atomic E-state index is 0.0825. The van der Waals surface area contributed by atoms with E-state index in [9.17, 15) is 0 Å². The van der Waals surface area contributed by atoms with Crippen molar-refractivity contribution in [1.29, 1.82) is 0 Å². The van der Waals surface area contributed by atoms with Crippen LogP contribution in [0, 0.1) is 5.41 Å². The summed E-state index contributed by atoms with van der Waals surface area (Å²) in [4.78, 5) is 1.33. The standard InChI is InChI=1S/C15H24BrNOS/c1-14(2)6-8-15(18-3,9-7-14)12(17)10-11-4-5-13(16)19-11/h4-5,12H,6-10,17H2,1-3H3. The zero-order valence-corrected chi connectivity index (χ0v) is 14.4. The lowest BCUT2D eigenvalue weighted by Gasteiger charge is -2.45. The first-order valence-corrected chi connectivity index (χ1v) is 8.53. The molecule has 1 heterocycles. The molecule has 1 unspecified atom stereocenters. The number of ether oxygens (including phenoxy) is 1. The maximum Gasteiger partial charge on any atom is 0.0832 e. The van der Waals surface area contributed by atoms with Gasteiger partial charge in [0.25, 0.3) is 0 Å². The highest BCUT2D eigenvalue weighted by Crippen LogP contribution is 2.43. The SMILES string of the molecule is COC1(C(N)Cc2ccc(Br)s2)CCC(C)(C)CC1. The number of hydrogen-bond donors (Lipinski definition) is 1. The third kappa shape index (κ3) is 3.60. The van der Waals surface area contributed by atoms with E-state index in [1.54, 1.807) is 11.3 Å². The summed E-state index contributed by atoms with van der Waals surface area (Å²) in [6.45, 7) is 4.68. The van der Waals surface area contributed by atoms with Gasteiger partial charge in [0.05, 0.1) is 9.39 Å². The topological polar surface area (TPSA) is 35.2 Å². The van der Waals surface area contributed by atoms with Gasteiger partial charge in [-0.05, 0) is 65.6 Å². The van der Waals surface area contributed by atoms with Gasteiger partial charge in [0, 0.05) is 18.0 Å². The highest BCUT2D eigenvalue weighted by atomic mass is 79.9. The van der Waals surface area contributed by atoms with Crippen LogP contribution in [0.3, 0.4) is 0 Å². The zero-order chi connectivity index (χ0) is 14.1. The van der Waals surface area contributed by atoms with Crippen molar-refractivity contribution >= 4 is 27.3 Å². The molecule has 0 radical (unpaired) electrons. The number of hydrogen-bond acceptors (Lipinski definition) is 3. The first-order valence-electron chi connectivity index (χ1n) is 6.92. The number of nitrogens with two attached hydrogens (primary N) is 1. The Hall–Kier alpha value is 0.1000. The van der Waals surface area contributed by atoms with Crippen molar-refractivity contribution in [2.24, 2.45) is 11.1 Å². The van der Waals surface area contributed by atoms with Crippen LogP contribution in [0.4, 0.5) is 0 Å². The van der Waals surface area contributed by atoms with Crippen LogP contribution < -0.4 is 5.73 Å². The van der Waals surface area contributed by atoms with E-state index in [1.807, 2.05) is 7.11 Å². The van der Waals surface area contributed by atoms with Crippen LogP contribution in [0.5, 0.6) is 0 Å². The van der Waals surface area contributed by atoms with E-state index in [0.717, 1.165) is 19.3 Å². The monoisotopic (exact) mass is 345 g/mol.